The second-order valence-corrected chi connectivity index (χ2v) is 3.68. The molecular weight excluding hydrogens is 204 g/mol. The van der Waals surface area contributed by atoms with E-state index in [4.69, 9.17) is 15.9 Å². The molecule has 0 atom stereocenters. The Hall–Kier alpha value is -1.62. The fourth-order valence-corrected chi connectivity index (χ4v) is 1.41. The Labute approximate surface area is 95.7 Å². The summed E-state index contributed by atoms with van der Waals surface area (Å²) < 4.78 is 5.17. The molecule has 1 rings (SSSR count). The Morgan fingerprint density at radius 2 is 2.38 bits per heavy atom. The van der Waals surface area contributed by atoms with E-state index in [1.165, 1.54) is 0 Å². The van der Waals surface area contributed by atoms with E-state index in [1.54, 1.807) is 13.3 Å². The molecule has 5 nitrogen and oxygen atoms in total. The Kier molecular flexibility index (Phi) is 4.72. The van der Waals surface area contributed by atoms with Crippen LogP contribution in [-0.2, 0) is 6.54 Å². The first-order chi connectivity index (χ1) is 7.63. The lowest BCUT2D eigenvalue weighted by Crippen LogP contribution is -2.24. The molecule has 1 heterocycles. The fraction of sp³-hybridized carbons (Fsp3) is 0.455. The highest BCUT2D eigenvalue weighted by molar-refractivity contribution is 5.76. The summed E-state index contributed by atoms with van der Waals surface area (Å²) in [7, 11) is 3.59. The fourth-order valence-electron chi connectivity index (χ4n) is 1.41. The van der Waals surface area contributed by atoms with Gasteiger partial charge in [0.1, 0.15) is 0 Å². The number of ether oxygens (including phenoxy) is 1. The van der Waals surface area contributed by atoms with Gasteiger partial charge in [-0.25, -0.2) is 4.98 Å². The van der Waals surface area contributed by atoms with Gasteiger partial charge in [-0.15, -0.1) is 0 Å². The molecule has 0 spiro atoms. The Morgan fingerprint density at radius 1 is 1.62 bits per heavy atom. The number of hydrogen-bond acceptors (Lipinski definition) is 4. The van der Waals surface area contributed by atoms with Crippen LogP contribution in [0.2, 0.25) is 0 Å². The van der Waals surface area contributed by atoms with Crippen LogP contribution in [0.25, 0.3) is 0 Å². The maximum Gasteiger partial charge on any atom is 0.217 e. The van der Waals surface area contributed by atoms with Crippen molar-refractivity contribution in [2.24, 2.45) is 5.73 Å². The van der Waals surface area contributed by atoms with Gasteiger partial charge in [0.25, 0.3) is 0 Å². The molecule has 0 aliphatic rings. The molecule has 1 aromatic heterocycles. The van der Waals surface area contributed by atoms with Gasteiger partial charge in [-0.2, -0.15) is 0 Å². The minimum atomic E-state index is 0.213. The molecule has 0 aromatic carbocycles. The van der Waals surface area contributed by atoms with Crippen LogP contribution in [0.15, 0.2) is 18.3 Å². The van der Waals surface area contributed by atoms with Crippen LogP contribution in [0, 0.1) is 5.41 Å². The van der Waals surface area contributed by atoms with Gasteiger partial charge in [-0.1, -0.05) is 6.07 Å². The first-order valence-electron chi connectivity index (χ1n) is 5.12. The molecule has 0 unspecified atom stereocenters. The number of pyridine rings is 1. The number of amidine groups is 1. The van der Waals surface area contributed by atoms with Crippen molar-refractivity contribution in [2.75, 3.05) is 20.7 Å². The summed E-state index contributed by atoms with van der Waals surface area (Å²) in [5.41, 5.74) is 6.35. The molecule has 0 fully saturated rings. The topological polar surface area (TPSA) is 75.2 Å². The van der Waals surface area contributed by atoms with Crippen molar-refractivity contribution >= 4 is 5.84 Å². The monoisotopic (exact) mass is 222 g/mol. The molecule has 0 aliphatic carbocycles. The lowest BCUT2D eigenvalue weighted by molar-refractivity contribution is 0.322. The molecule has 0 bridgehead atoms. The van der Waals surface area contributed by atoms with Crippen molar-refractivity contribution in [3.8, 4) is 5.88 Å². The maximum absolute atomic E-state index is 7.16. The van der Waals surface area contributed by atoms with E-state index in [0.717, 1.165) is 18.7 Å². The predicted molar refractivity (Wildman–Crippen MR) is 63.7 cm³/mol. The Bertz CT molecular complexity index is 354. The third kappa shape index (κ3) is 3.86. The van der Waals surface area contributed by atoms with Crippen LogP contribution in [0.4, 0.5) is 0 Å². The standard InChI is InChI=1S/C11H18N4O/c1-15(7-5-10(12)13)8-9-4-3-6-14-11(9)16-2/h3-4,6H,5,7-8H2,1-2H3,(H3,12,13). The number of hydrogen-bond donors (Lipinski definition) is 2. The number of methoxy groups -OCH3 is 1. The smallest absolute Gasteiger partial charge is 0.217 e. The van der Waals surface area contributed by atoms with Gasteiger partial charge in [0.05, 0.1) is 12.9 Å². The molecule has 0 saturated heterocycles. The van der Waals surface area contributed by atoms with Gasteiger partial charge in [0.2, 0.25) is 5.88 Å². The third-order valence-corrected chi connectivity index (χ3v) is 2.25. The summed E-state index contributed by atoms with van der Waals surface area (Å²) >= 11 is 0. The van der Waals surface area contributed by atoms with E-state index in [1.807, 2.05) is 19.2 Å². The van der Waals surface area contributed by atoms with Crippen LogP contribution in [-0.4, -0.2) is 36.4 Å². The predicted octanol–water partition coefficient (Wildman–Crippen LogP) is 0.848. The zero-order valence-electron chi connectivity index (χ0n) is 9.73. The van der Waals surface area contributed by atoms with E-state index >= 15 is 0 Å². The van der Waals surface area contributed by atoms with Crippen molar-refractivity contribution < 1.29 is 4.74 Å². The summed E-state index contributed by atoms with van der Waals surface area (Å²) in [4.78, 5) is 6.21. The summed E-state index contributed by atoms with van der Waals surface area (Å²) in [6.07, 6.45) is 2.29. The first kappa shape index (κ1) is 12.4. The van der Waals surface area contributed by atoms with Crippen molar-refractivity contribution in [1.82, 2.24) is 9.88 Å². The molecule has 0 aliphatic heterocycles. The molecule has 0 saturated carbocycles. The van der Waals surface area contributed by atoms with Crippen LogP contribution < -0.4 is 10.5 Å². The Balaban J connectivity index is 2.55. The highest BCUT2D eigenvalue weighted by atomic mass is 16.5. The summed E-state index contributed by atoms with van der Waals surface area (Å²) in [5, 5.41) is 7.16. The van der Waals surface area contributed by atoms with Crippen molar-refractivity contribution in [1.29, 1.82) is 5.41 Å². The number of nitrogens with two attached hydrogens (primary N) is 1. The van der Waals surface area contributed by atoms with E-state index in [9.17, 15) is 0 Å². The maximum atomic E-state index is 7.16. The molecule has 0 amide bonds. The average Bonchev–Trinajstić information content (AvgIpc) is 2.27. The van der Waals surface area contributed by atoms with Crippen molar-refractivity contribution in [2.45, 2.75) is 13.0 Å². The lowest BCUT2D eigenvalue weighted by Gasteiger charge is -2.17. The van der Waals surface area contributed by atoms with Crippen LogP contribution in [0.5, 0.6) is 5.88 Å². The van der Waals surface area contributed by atoms with Crippen LogP contribution in [0.3, 0.4) is 0 Å². The van der Waals surface area contributed by atoms with E-state index in [-0.39, 0.29) is 5.84 Å². The zero-order valence-corrected chi connectivity index (χ0v) is 9.73. The van der Waals surface area contributed by atoms with Crippen molar-refractivity contribution in [3.63, 3.8) is 0 Å². The van der Waals surface area contributed by atoms with Crippen molar-refractivity contribution in [3.05, 3.63) is 23.9 Å². The zero-order chi connectivity index (χ0) is 12.0. The van der Waals surface area contributed by atoms with E-state index in [0.29, 0.717) is 12.3 Å². The minimum absolute atomic E-state index is 0.213. The molecule has 88 valence electrons. The molecule has 1 aromatic rings. The molecule has 0 radical (unpaired) electrons. The van der Waals surface area contributed by atoms with E-state index < -0.39 is 0 Å². The summed E-state index contributed by atoms with van der Waals surface area (Å²) in [6.45, 7) is 1.50. The quantitative estimate of drug-likeness (QED) is 0.552. The third-order valence-electron chi connectivity index (χ3n) is 2.25. The largest absolute Gasteiger partial charge is 0.481 e. The van der Waals surface area contributed by atoms with E-state index in [2.05, 4.69) is 9.88 Å². The average molecular weight is 222 g/mol. The highest BCUT2D eigenvalue weighted by Crippen LogP contribution is 2.15. The SMILES string of the molecule is COc1ncccc1CN(C)CCC(=N)N. The van der Waals surface area contributed by atoms with Gasteiger partial charge in [-0.05, 0) is 13.1 Å². The second kappa shape index (κ2) is 6.07. The summed E-state index contributed by atoms with van der Waals surface area (Å²) in [5.74, 6) is 0.863. The number of aromatic nitrogens is 1. The molecule has 5 heteroatoms. The first-order valence-corrected chi connectivity index (χ1v) is 5.12. The van der Waals surface area contributed by atoms with Gasteiger partial charge < -0.3 is 15.4 Å². The van der Waals surface area contributed by atoms with Crippen LogP contribution >= 0.6 is 0 Å². The normalized spacial score (nSPS) is 10.4. The Morgan fingerprint density at radius 3 is 3.00 bits per heavy atom. The molecule has 3 N–H and O–H groups in total. The number of nitrogens with zero attached hydrogens (tertiary/aromatic N) is 2. The number of rotatable bonds is 6. The summed E-state index contributed by atoms with van der Waals surface area (Å²) in [6, 6.07) is 3.87. The van der Waals surface area contributed by atoms with Gasteiger partial charge in [-0.3, -0.25) is 5.41 Å². The molecular formula is C11H18N4O. The van der Waals surface area contributed by atoms with Gasteiger partial charge >= 0.3 is 0 Å². The van der Waals surface area contributed by atoms with Gasteiger partial charge in [0.15, 0.2) is 0 Å². The lowest BCUT2D eigenvalue weighted by atomic mass is 10.2. The minimum Gasteiger partial charge on any atom is -0.481 e. The van der Waals surface area contributed by atoms with Crippen LogP contribution in [0.1, 0.15) is 12.0 Å². The second-order valence-electron chi connectivity index (χ2n) is 3.68. The number of nitrogens with one attached hydrogen (secondary N) is 1. The highest BCUT2D eigenvalue weighted by Gasteiger charge is 2.06. The molecule has 16 heavy (non-hydrogen) atoms. The van der Waals surface area contributed by atoms with Gasteiger partial charge in [0, 0.05) is 31.3 Å².